The normalized spacial score (nSPS) is 14.9. The number of aromatic nitrogens is 1. The molecule has 0 radical (unpaired) electrons. The third-order valence-corrected chi connectivity index (χ3v) is 5.97. The molecule has 0 saturated carbocycles. The van der Waals surface area contributed by atoms with Gasteiger partial charge in [0.1, 0.15) is 5.56 Å². The molecule has 4 rings (SSSR count). The predicted octanol–water partition coefficient (Wildman–Crippen LogP) is 2.86. The van der Waals surface area contributed by atoms with Gasteiger partial charge in [0.25, 0.3) is 11.5 Å². The Labute approximate surface area is 198 Å². The number of rotatable bonds is 8. The van der Waals surface area contributed by atoms with Crippen LogP contribution in [0.3, 0.4) is 0 Å². The van der Waals surface area contributed by atoms with Crippen molar-refractivity contribution < 1.29 is 19.0 Å². The third kappa shape index (κ3) is 5.30. The van der Waals surface area contributed by atoms with Crippen molar-refractivity contribution in [3.63, 3.8) is 0 Å². The van der Waals surface area contributed by atoms with Crippen LogP contribution in [0.2, 0.25) is 0 Å². The maximum absolute atomic E-state index is 12.9. The monoisotopic (exact) mass is 463 g/mol. The summed E-state index contributed by atoms with van der Waals surface area (Å²) in [6.07, 6.45) is 0. The molecule has 2 N–H and O–H groups in total. The van der Waals surface area contributed by atoms with E-state index in [0.29, 0.717) is 37.0 Å². The Bertz CT molecular complexity index is 1170. The molecule has 1 amide bonds. The maximum Gasteiger partial charge on any atom is 0.261 e. The Hall–Kier alpha value is -3.62. The molecule has 0 aliphatic carbocycles. The molecule has 8 nitrogen and oxygen atoms in total. The van der Waals surface area contributed by atoms with E-state index in [1.54, 1.807) is 26.4 Å². The van der Waals surface area contributed by atoms with E-state index in [0.717, 1.165) is 24.2 Å². The summed E-state index contributed by atoms with van der Waals surface area (Å²) in [7, 11) is 3.19. The fraction of sp³-hybridized carbons (Fsp3) is 0.308. The highest BCUT2D eigenvalue weighted by Crippen LogP contribution is 2.32. The molecule has 34 heavy (non-hydrogen) atoms. The zero-order chi connectivity index (χ0) is 23.9. The van der Waals surface area contributed by atoms with Crippen molar-refractivity contribution in [2.24, 2.45) is 0 Å². The Morgan fingerprint density at radius 2 is 1.76 bits per heavy atom. The second kappa shape index (κ2) is 11.0. The largest absolute Gasteiger partial charge is 0.493 e. The van der Waals surface area contributed by atoms with Crippen LogP contribution in [0.15, 0.2) is 65.5 Å². The van der Waals surface area contributed by atoms with Crippen LogP contribution in [0, 0.1) is 0 Å². The van der Waals surface area contributed by atoms with Crippen LogP contribution in [0.5, 0.6) is 11.5 Å². The zero-order valence-corrected chi connectivity index (χ0v) is 19.4. The quantitative estimate of drug-likeness (QED) is 0.534. The first-order chi connectivity index (χ1) is 16.6. The van der Waals surface area contributed by atoms with Crippen molar-refractivity contribution in [3.05, 3.63) is 82.1 Å². The lowest BCUT2D eigenvalue weighted by molar-refractivity contribution is 0.0162. The summed E-state index contributed by atoms with van der Waals surface area (Å²) in [5.41, 5.74) is 2.18. The van der Waals surface area contributed by atoms with E-state index in [2.05, 4.69) is 15.2 Å². The van der Waals surface area contributed by atoms with Crippen molar-refractivity contribution in [2.45, 2.75) is 6.04 Å². The second-order valence-corrected chi connectivity index (χ2v) is 7.97. The van der Waals surface area contributed by atoms with Crippen molar-refractivity contribution in [1.82, 2.24) is 15.2 Å². The molecule has 3 aromatic rings. The molecule has 0 spiro atoms. The first-order valence-corrected chi connectivity index (χ1v) is 11.2. The summed E-state index contributed by atoms with van der Waals surface area (Å²) in [6.45, 7) is 3.05. The van der Waals surface area contributed by atoms with Gasteiger partial charge in [0, 0.05) is 25.3 Å². The molecule has 2 aromatic carbocycles. The number of ether oxygens (including phenoxy) is 3. The molecular formula is C26H29N3O5. The molecule has 0 bridgehead atoms. The predicted molar refractivity (Wildman–Crippen MR) is 130 cm³/mol. The van der Waals surface area contributed by atoms with Gasteiger partial charge >= 0.3 is 0 Å². The van der Waals surface area contributed by atoms with Crippen LogP contribution in [0.1, 0.15) is 22.0 Å². The number of hydrogen-bond acceptors (Lipinski definition) is 6. The van der Waals surface area contributed by atoms with Gasteiger partial charge in [0.15, 0.2) is 11.5 Å². The lowest BCUT2D eigenvalue weighted by atomic mass is 10.0. The molecule has 8 heteroatoms. The number of aromatic amines is 1. The first-order valence-electron chi connectivity index (χ1n) is 11.2. The summed E-state index contributed by atoms with van der Waals surface area (Å²) >= 11 is 0. The van der Waals surface area contributed by atoms with Gasteiger partial charge in [-0.1, -0.05) is 36.4 Å². The Balaban J connectivity index is 1.53. The molecule has 1 aliphatic heterocycles. The third-order valence-electron chi connectivity index (χ3n) is 5.97. The van der Waals surface area contributed by atoms with Crippen LogP contribution in [-0.4, -0.2) is 62.9 Å². The molecule has 1 aliphatic rings. The smallest absolute Gasteiger partial charge is 0.261 e. The lowest BCUT2D eigenvalue weighted by Gasteiger charge is -2.35. The lowest BCUT2D eigenvalue weighted by Crippen LogP contribution is -2.44. The molecule has 1 aromatic heterocycles. The number of nitrogens with zero attached hydrogens (tertiary/aromatic N) is 1. The van der Waals surface area contributed by atoms with E-state index in [1.807, 2.05) is 48.5 Å². The first kappa shape index (κ1) is 23.5. The second-order valence-electron chi connectivity index (χ2n) is 7.97. The molecule has 1 saturated heterocycles. The van der Waals surface area contributed by atoms with Crippen molar-refractivity contribution in [1.29, 1.82) is 0 Å². The van der Waals surface area contributed by atoms with Gasteiger partial charge < -0.3 is 24.5 Å². The molecule has 1 fully saturated rings. The number of nitrogens with one attached hydrogen (secondary N) is 2. The van der Waals surface area contributed by atoms with Crippen molar-refractivity contribution in [2.75, 3.05) is 47.1 Å². The van der Waals surface area contributed by atoms with Crippen LogP contribution in [0.25, 0.3) is 11.3 Å². The van der Waals surface area contributed by atoms with Gasteiger partial charge in [-0.2, -0.15) is 0 Å². The Kier molecular flexibility index (Phi) is 7.61. The minimum atomic E-state index is -0.423. The Morgan fingerprint density at radius 1 is 1.03 bits per heavy atom. The fourth-order valence-electron chi connectivity index (χ4n) is 4.13. The number of carbonyl (C=O) groups is 1. The number of H-pyrrole nitrogens is 1. The number of methoxy groups -OCH3 is 2. The van der Waals surface area contributed by atoms with Gasteiger partial charge in [-0.3, -0.25) is 14.5 Å². The highest BCUT2D eigenvalue weighted by Gasteiger charge is 2.25. The summed E-state index contributed by atoms with van der Waals surface area (Å²) in [6, 6.07) is 18.5. The van der Waals surface area contributed by atoms with E-state index in [9.17, 15) is 9.59 Å². The van der Waals surface area contributed by atoms with E-state index < -0.39 is 11.5 Å². The van der Waals surface area contributed by atoms with Gasteiger partial charge in [-0.05, 0) is 35.4 Å². The summed E-state index contributed by atoms with van der Waals surface area (Å²) in [4.78, 5) is 30.7. The fourth-order valence-corrected chi connectivity index (χ4v) is 4.13. The van der Waals surface area contributed by atoms with E-state index in [4.69, 9.17) is 14.2 Å². The van der Waals surface area contributed by atoms with Gasteiger partial charge in [0.05, 0.1) is 33.5 Å². The van der Waals surface area contributed by atoms with Crippen LogP contribution in [-0.2, 0) is 4.74 Å². The topological polar surface area (TPSA) is 92.9 Å². The van der Waals surface area contributed by atoms with Crippen LogP contribution < -0.4 is 20.3 Å². The average Bonchev–Trinajstić information content (AvgIpc) is 2.89. The number of hydrogen-bond donors (Lipinski definition) is 2. The van der Waals surface area contributed by atoms with Gasteiger partial charge in [-0.15, -0.1) is 0 Å². The van der Waals surface area contributed by atoms with E-state index in [-0.39, 0.29) is 11.6 Å². The number of carbonyl (C=O) groups excluding carboxylic acids is 1. The summed E-state index contributed by atoms with van der Waals surface area (Å²) < 4.78 is 16.3. The minimum absolute atomic E-state index is 0.0766. The van der Waals surface area contributed by atoms with Gasteiger partial charge in [-0.25, -0.2) is 0 Å². The summed E-state index contributed by atoms with van der Waals surface area (Å²) in [5.74, 6) is 0.846. The highest BCUT2D eigenvalue weighted by molar-refractivity contribution is 5.94. The summed E-state index contributed by atoms with van der Waals surface area (Å²) in [5, 5.41) is 2.95. The standard InChI is InChI=1S/C26H29N3O5/c1-32-23-11-8-19(16-24(23)33-2)22(29-12-14-34-15-13-29)17-27-25(30)20-9-10-21(28-26(20)31)18-6-4-3-5-7-18/h3-11,16,22H,12-15,17H2,1-2H3,(H,27,30)(H,28,31). The number of morpholine rings is 1. The van der Waals surface area contributed by atoms with Crippen molar-refractivity contribution in [3.8, 4) is 22.8 Å². The minimum Gasteiger partial charge on any atom is -0.493 e. The van der Waals surface area contributed by atoms with E-state index >= 15 is 0 Å². The highest BCUT2D eigenvalue weighted by atomic mass is 16.5. The molecule has 2 heterocycles. The molecule has 1 atom stereocenters. The number of pyridine rings is 1. The number of benzene rings is 2. The SMILES string of the molecule is COc1ccc(C(CNC(=O)c2ccc(-c3ccccc3)[nH]c2=O)N2CCOCC2)cc1OC. The Morgan fingerprint density at radius 3 is 2.44 bits per heavy atom. The average molecular weight is 464 g/mol. The van der Waals surface area contributed by atoms with Gasteiger partial charge in [0.2, 0.25) is 0 Å². The number of amides is 1. The molecule has 1 unspecified atom stereocenters. The maximum atomic E-state index is 12.9. The zero-order valence-electron chi connectivity index (χ0n) is 19.4. The molecular weight excluding hydrogens is 434 g/mol. The van der Waals surface area contributed by atoms with Crippen LogP contribution in [0.4, 0.5) is 0 Å². The van der Waals surface area contributed by atoms with Crippen molar-refractivity contribution >= 4 is 5.91 Å². The van der Waals surface area contributed by atoms with Crippen LogP contribution >= 0.6 is 0 Å². The van der Waals surface area contributed by atoms with E-state index in [1.165, 1.54) is 0 Å². The molecule has 178 valence electrons.